The first kappa shape index (κ1) is 69.8. The largest absolute Gasteiger partial charge is 0.697 e. The summed E-state index contributed by atoms with van der Waals surface area (Å²) >= 11 is 3.40. The van der Waals surface area contributed by atoms with Crippen LogP contribution in [0.3, 0.4) is 0 Å². The Morgan fingerprint density at radius 2 is 0.815 bits per heavy atom. The Bertz CT molecular complexity index is 3280. The molecule has 25 heteroatoms. The Balaban J connectivity index is 0.000000301. The van der Waals surface area contributed by atoms with Crippen molar-refractivity contribution in [3.63, 3.8) is 0 Å². The van der Waals surface area contributed by atoms with Gasteiger partial charge in [-0.3, -0.25) is 37.9 Å². The second-order valence-electron chi connectivity index (χ2n) is 19.5. The third kappa shape index (κ3) is 20.7. The molecule has 0 spiro atoms. The van der Waals surface area contributed by atoms with Gasteiger partial charge in [-0.2, -0.15) is 0 Å². The number of nitrogens with zero attached hydrogens (tertiary/aromatic N) is 3. The molecule has 0 aliphatic heterocycles. The highest BCUT2D eigenvalue weighted by atomic mass is 79.9. The van der Waals surface area contributed by atoms with Crippen molar-refractivity contribution >= 4 is 118 Å². The number of aliphatic carboxylic acids is 1. The average Bonchev–Trinajstić information content (AvgIpc) is 4.08. The number of aromatic nitrogens is 3. The molecular formula is C56H76BrN3O18P3+. The van der Waals surface area contributed by atoms with Gasteiger partial charge >= 0.3 is 41.4 Å². The monoisotopic (exact) mass is 1250 g/mol. The summed E-state index contributed by atoms with van der Waals surface area (Å²) in [7, 11) is -8.80. The molecule has 0 saturated heterocycles. The minimum atomic E-state index is -3.48. The van der Waals surface area contributed by atoms with E-state index in [9.17, 15) is 42.5 Å². The number of Topliss-reactive ketones (excluding diaryl/α,β-unsaturated/α-hetero) is 3. The summed E-state index contributed by atoms with van der Waals surface area (Å²) in [5.74, 6) is -2.13. The van der Waals surface area contributed by atoms with Crippen molar-refractivity contribution < 1.29 is 84.2 Å². The standard InChI is InChI=1S/C20H28NO6P.C16H18BrNO3.C16H20NO6P.C4H10O3P/c1-7-25-28(24,26-8-2)15-9-10-18-16(11-15)17(14(3)22)12-21(18)13-19(23)27-20(4,5)6;1-10(19)13-8-18(9-15(20)21-16(2,3)4)14-6-5-11(17)7-12(13)14;1-4-22-24(21,23-5-2)12-6-7-15-13(8-12)14(11(3)18)9-17(15)10-16(19)20;1-3-6-8(5)7-4-2/h9-12H,7-8,13H2,1-6H3;5-8H,9H2,1-4H3;6-9H,4-5,10H2,1-3H3,(H,19,20);3-4H2,1-2H3/q;;;+1. The van der Waals surface area contributed by atoms with Crippen LogP contribution < -0.4 is 10.6 Å². The van der Waals surface area contributed by atoms with Crippen LogP contribution in [-0.4, -0.2) is 105 Å². The van der Waals surface area contributed by atoms with E-state index in [1.54, 1.807) is 120 Å². The zero-order valence-corrected chi connectivity index (χ0v) is 53.0. The van der Waals surface area contributed by atoms with Crippen molar-refractivity contribution in [3.8, 4) is 0 Å². The summed E-state index contributed by atoms with van der Waals surface area (Å²) in [5, 5.41) is 11.7. The Morgan fingerprint density at radius 3 is 1.10 bits per heavy atom. The zero-order valence-electron chi connectivity index (χ0n) is 48.7. The van der Waals surface area contributed by atoms with E-state index in [1.165, 1.54) is 31.5 Å². The summed E-state index contributed by atoms with van der Waals surface area (Å²) in [5.41, 5.74) is 2.37. The summed E-state index contributed by atoms with van der Waals surface area (Å²) < 4.78 is 83.4. The molecule has 0 unspecified atom stereocenters. The lowest BCUT2D eigenvalue weighted by atomic mass is 10.1. The summed E-state index contributed by atoms with van der Waals surface area (Å²) in [6.07, 6.45) is 4.83. The van der Waals surface area contributed by atoms with Gasteiger partial charge in [-0.1, -0.05) is 15.9 Å². The molecule has 3 aromatic heterocycles. The molecule has 3 aromatic carbocycles. The highest BCUT2D eigenvalue weighted by Gasteiger charge is 2.30. The number of ether oxygens (including phenoxy) is 2. The topological polar surface area (TPSA) is 262 Å². The van der Waals surface area contributed by atoms with Gasteiger partial charge in [0.05, 0.1) is 37.0 Å². The number of carbonyl (C=O) groups excluding carboxylic acids is 5. The number of esters is 2. The van der Waals surface area contributed by atoms with E-state index >= 15 is 0 Å². The van der Waals surface area contributed by atoms with Gasteiger partial charge in [0.25, 0.3) is 0 Å². The molecule has 1 N–H and O–H groups in total. The Morgan fingerprint density at radius 1 is 0.506 bits per heavy atom. The fraction of sp³-hybridized carbons (Fsp3) is 0.464. The number of benzene rings is 3. The highest BCUT2D eigenvalue weighted by molar-refractivity contribution is 9.10. The number of hydrogen-bond donors (Lipinski definition) is 1. The van der Waals surface area contributed by atoms with E-state index in [-0.39, 0.29) is 69.4 Å². The van der Waals surface area contributed by atoms with Crippen LogP contribution in [0.2, 0.25) is 0 Å². The third-order valence-electron chi connectivity index (χ3n) is 10.8. The van der Waals surface area contributed by atoms with Gasteiger partial charge in [-0.25, -0.2) is 0 Å². The quantitative estimate of drug-likeness (QED) is 0.0355. The summed E-state index contributed by atoms with van der Waals surface area (Å²) in [6.45, 7) is 27.3. The lowest BCUT2D eigenvalue weighted by Crippen LogP contribution is -2.26. The first-order valence-electron chi connectivity index (χ1n) is 26.1. The molecule has 0 aliphatic rings. The molecule has 0 aliphatic carbocycles. The number of hydrogen-bond acceptors (Lipinski definition) is 17. The molecule has 6 aromatic rings. The number of rotatable bonds is 23. The van der Waals surface area contributed by atoms with Crippen molar-refractivity contribution in [2.75, 3.05) is 39.6 Å². The van der Waals surface area contributed by atoms with Crippen LogP contribution in [0, 0.1) is 0 Å². The maximum atomic E-state index is 13.1. The van der Waals surface area contributed by atoms with Gasteiger partial charge in [-0.15, -0.1) is 9.05 Å². The van der Waals surface area contributed by atoms with Crippen LogP contribution in [0.4, 0.5) is 0 Å². The van der Waals surface area contributed by atoms with E-state index in [0.717, 1.165) is 15.4 Å². The summed E-state index contributed by atoms with van der Waals surface area (Å²) in [6, 6.07) is 15.4. The third-order valence-corrected chi connectivity index (χ3v) is 16.4. The van der Waals surface area contributed by atoms with Crippen molar-refractivity contribution in [2.24, 2.45) is 0 Å². The zero-order chi connectivity index (χ0) is 61.2. The maximum absolute atomic E-state index is 13.1. The second-order valence-corrected chi connectivity index (χ2v) is 25.5. The van der Waals surface area contributed by atoms with Crippen molar-refractivity contribution in [1.29, 1.82) is 0 Å². The second kappa shape index (κ2) is 31.2. The van der Waals surface area contributed by atoms with E-state index in [4.69, 9.17) is 32.7 Å². The number of halogens is 1. The molecule has 0 atom stereocenters. The number of carbonyl (C=O) groups is 6. The molecule has 0 bridgehead atoms. The molecule has 81 heavy (non-hydrogen) atoms. The predicted molar refractivity (Wildman–Crippen MR) is 315 cm³/mol. The first-order valence-corrected chi connectivity index (χ1v) is 31.0. The van der Waals surface area contributed by atoms with Gasteiger partial charge in [-0.05, 0) is 158 Å². The molecule has 6 rings (SSSR count). The summed E-state index contributed by atoms with van der Waals surface area (Å²) in [4.78, 5) is 71.0. The fourth-order valence-electron chi connectivity index (χ4n) is 7.89. The Labute approximate surface area is 482 Å². The fourth-order valence-corrected chi connectivity index (χ4v) is 11.9. The van der Waals surface area contributed by atoms with Crippen LogP contribution in [-0.2, 0) is 84.3 Å². The number of carboxylic acid groups (broad SMARTS) is 1. The van der Waals surface area contributed by atoms with Crippen LogP contribution in [0.25, 0.3) is 32.7 Å². The van der Waals surface area contributed by atoms with Crippen LogP contribution in [0.5, 0.6) is 0 Å². The van der Waals surface area contributed by atoms with E-state index in [2.05, 4.69) is 25.0 Å². The smallest absolute Gasteiger partial charge is 0.480 e. The Kier molecular flexibility index (Phi) is 26.9. The van der Waals surface area contributed by atoms with E-state index in [1.807, 2.05) is 39.0 Å². The lowest BCUT2D eigenvalue weighted by Gasteiger charge is -2.20. The SMILES string of the molecule is CC(=O)c1cn(CC(=O)OC(C)(C)C)c2ccc(Br)cc12.CCOP(=O)(OCC)c1ccc2c(c1)c(C(C)=O)cn2CC(=O)O.CCOP(=O)(OCC)c1ccc2c(c1)c(C(C)=O)cn2CC(=O)OC(C)(C)C.CCO[P+](=O)OCC. The molecular weight excluding hydrogens is 1180 g/mol. The predicted octanol–water partition coefficient (Wildman–Crippen LogP) is 12.6. The molecule has 0 radical (unpaired) electrons. The van der Waals surface area contributed by atoms with Crippen LogP contribution in [0.1, 0.15) is 135 Å². The molecule has 444 valence electrons. The van der Waals surface area contributed by atoms with Crippen LogP contribution in [0.15, 0.2) is 77.7 Å². The van der Waals surface area contributed by atoms with Gasteiger partial charge in [0.1, 0.15) is 44.1 Å². The normalized spacial score (nSPS) is 11.7. The minimum absolute atomic E-state index is 0.0268. The lowest BCUT2D eigenvalue weighted by molar-refractivity contribution is -0.156. The Hall–Kier alpha value is -5.50. The van der Waals surface area contributed by atoms with Gasteiger partial charge < -0.3 is 46.4 Å². The first-order chi connectivity index (χ1) is 37.8. The van der Waals surface area contributed by atoms with Gasteiger partial charge in [0.15, 0.2) is 17.3 Å². The highest BCUT2D eigenvalue weighted by Crippen LogP contribution is 2.48. The average molecular weight is 1250 g/mol. The minimum Gasteiger partial charge on any atom is -0.480 e. The van der Waals surface area contributed by atoms with E-state index in [0.29, 0.717) is 62.3 Å². The molecule has 0 amide bonds. The number of fused-ring (bicyclic) bond motifs is 3. The van der Waals surface area contributed by atoms with Gasteiger partial charge in [0.2, 0.25) is 0 Å². The van der Waals surface area contributed by atoms with Crippen LogP contribution >= 0.6 is 39.4 Å². The molecule has 0 fully saturated rings. The van der Waals surface area contributed by atoms with Crippen molar-refractivity contribution in [1.82, 2.24) is 13.7 Å². The van der Waals surface area contributed by atoms with Gasteiger partial charge in [0, 0.05) is 77.0 Å². The maximum Gasteiger partial charge on any atom is 0.697 e. The molecule has 3 heterocycles. The van der Waals surface area contributed by atoms with E-state index < -0.39 is 46.6 Å². The van der Waals surface area contributed by atoms with Crippen molar-refractivity contribution in [2.45, 2.75) is 135 Å². The molecule has 0 saturated carbocycles. The number of carboxylic acids is 1. The molecule has 21 nitrogen and oxygen atoms in total. The number of ketones is 3. The van der Waals surface area contributed by atoms with Crippen molar-refractivity contribution in [3.05, 3.63) is 94.4 Å².